The molecule has 0 aliphatic rings. The molecule has 0 N–H and O–H groups in total. The molecule has 0 saturated heterocycles. The van der Waals surface area contributed by atoms with E-state index in [9.17, 15) is 4.79 Å². The highest BCUT2D eigenvalue weighted by atomic mass is 31.0. The molecule has 0 aromatic heterocycles. The van der Waals surface area contributed by atoms with E-state index in [2.05, 4.69) is 9.47 Å². The molecule has 0 amide bonds. The third kappa shape index (κ3) is 4.28. The van der Waals surface area contributed by atoms with Gasteiger partial charge in [-0.3, -0.25) is 4.79 Å². The summed E-state index contributed by atoms with van der Waals surface area (Å²) < 4.78 is 4.74. The van der Waals surface area contributed by atoms with E-state index in [-0.39, 0.29) is 11.2 Å². The molecule has 0 rings (SSSR count). The third-order valence-corrected chi connectivity index (χ3v) is 1.83. The fraction of sp³-hybridized carbons (Fsp3) is 0.625. The molecule has 0 bridgehead atoms. The number of Topliss-reactive ketones (excluding diaryl/α,β-unsaturated/α-hetero) is 1. The number of hydrogen-bond donors (Lipinski definition) is 0. The van der Waals surface area contributed by atoms with Gasteiger partial charge in [-0.1, -0.05) is 12.2 Å². The molecule has 1 unspecified atom stereocenters. The van der Waals surface area contributed by atoms with Crippen LogP contribution in [0.25, 0.3) is 0 Å². The molecule has 2 nitrogen and oxygen atoms in total. The van der Waals surface area contributed by atoms with Crippen molar-refractivity contribution in [3.63, 3.8) is 0 Å². The van der Waals surface area contributed by atoms with Gasteiger partial charge in [-0.05, 0) is 20.8 Å². The van der Waals surface area contributed by atoms with Crippen LogP contribution in [-0.2, 0) is 9.32 Å². The highest BCUT2D eigenvalue weighted by molar-refractivity contribution is 7.09. The molecule has 64 valence electrons. The van der Waals surface area contributed by atoms with Gasteiger partial charge in [0.2, 0.25) is 0 Å². The van der Waals surface area contributed by atoms with Crippen LogP contribution in [0.2, 0.25) is 0 Å². The summed E-state index contributed by atoms with van der Waals surface area (Å²) in [6.07, 6.45) is 3.70. The van der Waals surface area contributed by atoms with Gasteiger partial charge in [-0.25, -0.2) is 0 Å². The summed E-state index contributed by atoms with van der Waals surface area (Å²) in [5, 5.41) is 0. The predicted octanol–water partition coefficient (Wildman–Crippen LogP) is 1.96. The minimum Gasteiger partial charge on any atom is -0.362 e. The fourth-order valence-electron chi connectivity index (χ4n) is 0.516. The largest absolute Gasteiger partial charge is 0.362 e. The van der Waals surface area contributed by atoms with Crippen molar-refractivity contribution in [2.45, 2.75) is 20.8 Å². The van der Waals surface area contributed by atoms with Crippen molar-refractivity contribution in [1.82, 2.24) is 0 Å². The molecular formula is C8H15O2P. The first kappa shape index (κ1) is 10.8. The lowest BCUT2D eigenvalue weighted by Crippen LogP contribution is -2.17. The van der Waals surface area contributed by atoms with E-state index in [1.54, 1.807) is 6.92 Å². The maximum atomic E-state index is 11.0. The minimum atomic E-state index is -0.358. The quantitative estimate of drug-likeness (QED) is 0.481. The second-order valence-corrected chi connectivity index (χ2v) is 3.35. The Morgan fingerprint density at radius 1 is 1.64 bits per heavy atom. The van der Waals surface area contributed by atoms with Gasteiger partial charge >= 0.3 is 0 Å². The Hall–Kier alpha value is -0.200. The van der Waals surface area contributed by atoms with E-state index in [4.69, 9.17) is 4.52 Å². The highest BCUT2D eigenvalue weighted by Gasteiger charge is 2.18. The van der Waals surface area contributed by atoms with E-state index in [0.29, 0.717) is 6.61 Å². The van der Waals surface area contributed by atoms with Crippen LogP contribution in [0.3, 0.4) is 0 Å². The summed E-state index contributed by atoms with van der Waals surface area (Å²) in [6.45, 7) is 5.89. The van der Waals surface area contributed by atoms with Crippen LogP contribution >= 0.6 is 9.47 Å². The average molecular weight is 174 g/mol. The third-order valence-electron chi connectivity index (χ3n) is 1.63. The maximum absolute atomic E-state index is 11.0. The van der Waals surface area contributed by atoms with Gasteiger partial charge in [0.05, 0.1) is 6.61 Å². The van der Waals surface area contributed by atoms with Crippen molar-refractivity contribution < 1.29 is 9.32 Å². The standard InChI is InChI=1S/C8H15O2P/c1-7(9)8(2,3)5-4-6-10-11/h4-5H,6,11H2,1-3H3/b5-4+. The van der Waals surface area contributed by atoms with Crippen molar-refractivity contribution in [2.75, 3.05) is 6.61 Å². The Balaban J connectivity index is 4.00. The summed E-state index contributed by atoms with van der Waals surface area (Å²) in [4.78, 5) is 11.0. The molecule has 11 heavy (non-hydrogen) atoms. The summed E-state index contributed by atoms with van der Waals surface area (Å²) in [7, 11) is 2.16. The fourth-order valence-corrected chi connectivity index (χ4v) is 0.627. The number of hydrogen-bond acceptors (Lipinski definition) is 2. The second kappa shape index (κ2) is 4.63. The summed E-state index contributed by atoms with van der Waals surface area (Å²) in [6, 6.07) is 0. The summed E-state index contributed by atoms with van der Waals surface area (Å²) >= 11 is 0. The Bertz CT molecular complexity index is 161. The second-order valence-electron chi connectivity index (χ2n) is 3.01. The molecule has 0 heterocycles. The number of ketones is 1. The number of carbonyl (C=O) groups excluding carboxylic acids is 1. The zero-order valence-electron chi connectivity index (χ0n) is 7.26. The molecule has 3 heteroatoms. The molecule has 0 saturated carbocycles. The van der Waals surface area contributed by atoms with E-state index >= 15 is 0 Å². The van der Waals surface area contributed by atoms with Gasteiger partial charge in [0.15, 0.2) is 0 Å². The van der Waals surface area contributed by atoms with Crippen LogP contribution in [0.5, 0.6) is 0 Å². The van der Waals surface area contributed by atoms with Gasteiger partial charge in [-0.2, -0.15) is 0 Å². The zero-order valence-corrected chi connectivity index (χ0v) is 8.41. The molecule has 0 aliphatic carbocycles. The lowest BCUT2D eigenvalue weighted by Gasteiger charge is -2.14. The topological polar surface area (TPSA) is 26.3 Å². The predicted molar refractivity (Wildman–Crippen MR) is 49.3 cm³/mol. The van der Waals surface area contributed by atoms with Gasteiger partial charge in [-0.15, -0.1) is 0 Å². The van der Waals surface area contributed by atoms with Crippen molar-refractivity contribution >= 4 is 15.2 Å². The van der Waals surface area contributed by atoms with Crippen LogP contribution in [0.15, 0.2) is 12.2 Å². The Morgan fingerprint density at radius 3 is 2.55 bits per heavy atom. The van der Waals surface area contributed by atoms with Crippen LogP contribution in [0.4, 0.5) is 0 Å². The number of allylic oxidation sites excluding steroid dienone is 1. The van der Waals surface area contributed by atoms with Crippen LogP contribution < -0.4 is 0 Å². The average Bonchev–Trinajstić information content (AvgIpc) is 1.88. The molecular weight excluding hydrogens is 159 g/mol. The molecule has 0 spiro atoms. The smallest absolute Gasteiger partial charge is 0.139 e. The van der Waals surface area contributed by atoms with Gasteiger partial charge in [0.1, 0.15) is 5.78 Å². The monoisotopic (exact) mass is 174 g/mol. The first-order valence-corrected chi connectivity index (χ1v) is 3.98. The Morgan fingerprint density at radius 2 is 2.18 bits per heavy atom. The lowest BCUT2D eigenvalue weighted by atomic mass is 9.89. The van der Waals surface area contributed by atoms with E-state index < -0.39 is 0 Å². The molecule has 0 aromatic rings. The van der Waals surface area contributed by atoms with Crippen molar-refractivity contribution in [1.29, 1.82) is 0 Å². The lowest BCUT2D eigenvalue weighted by molar-refractivity contribution is -0.122. The zero-order chi connectivity index (χ0) is 8.91. The Kier molecular flexibility index (Phi) is 4.55. The number of rotatable bonds is 4. The minimum absolute atomic E-state index is 0.164. The van der Waals surface area contributed by atoms with Gasteiger partial charge < -0.3 is 4.52 Å². The van der Waals surface area contributed by atoms with E-state index in [0.717, 1.165) is 0 Å². The molecule has 1 atom stereocenters. The van der Waals surface area contributed by atoms with Crippen LogP contribution in [-0.4, -0.2) is 12.4 Å². The highest BCUT2D eigenvalue weighted by Crippen LogP contribution is 2.17. The van der Waals surface area contributed by atoms with E-state index in [1.807, 2.05) is 26.0 Å². The van der Waals surface area contributed by atoms with Crippen LogP contribution in [0.1, 0.15) is 20.8 Å². The summed E-state index contributed by atoms with van der Waals surface area (Å²) in [5.74, 6) is 0.164. The first-order chi connectivity index (χ1) is 5.00. The maximum Gasteiger partial charge on any atom is 0.139 e. The van der Waals surface area contributed by atoms with Gasteiger partial charge in [0, 0.05) is 14.9 Å². The SMILES string of the molecule is CC(=O)C(C)(C)/C=C/COP. The van der Waals surface area contributed by atoms with Crippen molar-refractivity contribution in [2.24, 2.45) is 5.41 Å². The Labute approximate surface area is 70.3 Å². The van der Waals surface area contributed by atoms with Crippen molar-refractivity contribution in [3.05, 3.63) is 12.2 Å². The van der Waals surface area contributed by atoms with Gasteiger partial charge in [0.25, 0.3) is 0 Å². The normalized spacial score (nSPS) is 12.4. The van der Waals surface area contributed by atoms with Crippen LogP contribution in [0, 0.1) is 5.41 Å². The molecule has 0 aliphatic heterocycles. The molecule has 0 fully saturated rings. The van der Waals surface area contributed by atoms with E-state index in [1.165, 1.54) is 0 Å². The number of carbonyl (C=O) groups is 1. The molecule has 0 radical (unpaired) electrons. The molecule has 0 aromatic carbocycles. The van der Waals surface area contributed by atoms with Crippen molar-refractivity contribution in [3.8, 4) is 0 Å². The summed E-state index contributed by atoms with van der Waals surface area (Å²) in [5.41, 5.74) is -0.358. The first-order valence-electron chi connectivity index (χ1n) is 3.51.